The van der Waals surface area contributed by atoms with Crippen LogP contribution in [0.15, 0.2) is 24.4 Å². The summed E-state index contributed by atoms with van der Waals surface area (Å²) in [5.41, 5.74) is 0.680. The Bertz CT molecular complexity index is 475. The Morgan fingerprint density at radius 1 is 1.45 bits per heavy atom. The minimum Gasteiger partial charge on any atom is -0.480 e. The molecule has 5 heteroatoms. The van der Waals surface area contributed by atoms with Gasteiger partial charge >= 0.3 is 5.97 Å². The number of carbonyl (C=O) groups is 2. The number of likely N-dealkylation sites (tertiary alicyclic amines) is 1. The van der Waals surface area contributed by atoms with Crippen LogP contribution >= 0.6 is 0 Å². The molecule has 2 atom stereocenters. The van der Waals surface area contributed by atoms with E-state index in [-0.39, 0.29) is 12.3 Å². The molecule has 1 N–H and O–H groups in total. The number of rotatable bonds is 4. The van der Waals surface area contributed by atoms with E-state index in [4.69, 9.17) is 0 Å². The van der Waals surface area contributed by atoms with Crippen molar-refractivity contribution in [3.63, 3.8) is 0 Å². The Morgan fingerprint density at radius 3 is 2.85 bits per heavy atom. The number of hydrogen-bond donors (Lipinski definition) is 1. The second kappa shape index (κ2) is 6.50. The van der Waals surface area contributed by atoms with Gasteiger partial charge in [-0.3, -0.25) is 9.78 Å². The van der Waals surface area contributed by atoms with Crippen molar-refractivity contribution in [2.75, 3.05) is 6.54 Å². The first-order valence-electron chi connectivity index (χ1n) is 7.04. The van der Waals surface area contributed by atoms with E-state index < -0.39 is 12.0 Å². The number of aliphatic carboxylic acids is 1. The third-order valence-corrected chi connectivity index (χ3v) is 3.95. The van der Waals surface area contributed by atoms with Crippen LogP contribution in [0.4, 0.5) is 0 Å². The lowest BCUT2D eigenvalue weighted by molar-refractivity contribution is -0.153. The van der Waals surface area contributed by atoms with Crippen LogP contribution in [0.25, 0.3) is 0 Å². The zero-order valence-corrected chi connectivity index (χ0v) is 11.7. The van der Waals surface area contributed by atoms with Gasteiger partial charge in [-0.05, 0) is 30.9 Å². The van der Waals surface area contributed by atoms with Crippen molar-refractivity contribution in [2.45, 2.75) is 38.6 Å². The highest BCUT2D eigenvalue weighted by Crippen LogP contribution is 2.26. The molecule has 0 aromatic carbocycles. The van der Waals surface area contributed by atoms with Gasteiger partial charge in [-0.15, -0.1) is 0 Å². The summed E-state index contributed by atoms with van der Waals surface area (Å²) in [6.45, 7) is 2.59. The first-order chi connectivity index (χ1) is 9.61. The molecule has 20 heavy (non-hydrogen) atoms. The molecule has 0 saturated carbocycles. The van der Waals surface area contributed by atoms with E-state index in [9.17, 15) is 14.7 Å². The predicted octanol–water partition coefficient (Wildman–Crippen LogP) is 1.73. The highest BCUT2D eigenvalue weighted by atomic mass is 16.4. The summed E-state index contributed by atoms with van der Waals surface area (Å²) in [7, 11) is 0. The molecule has 0 spiro atoms. The van der Waals surface area contributed by atoms with E-state index in [0.717, 1.165) is 12.8 Å². The Labute approximate surface area is 118 Å². The van der Waals surface area contributed by atoms with Crippen LogP contribution in [0.5, 0.6) is 0 Å². The second-order valence-corrected chi connectivity index (χ2v) is 5.24. The minimum absolute atomic E-state index is 0.148. The van der Waals surface area contributed by atoms with Crippen LogP contribution in [0.2, 0.25) is 0 Å². The van der Waals surface area contributed by atoms with Crippen molar-refractivity contribution in [3.05, 3.63) is 30.1 Å². The highest BCUT2D eigenvalue weighted by Gasteiger charge is 2.35. The molecule has 2 rings (SSSR count). The molecule has 1 aromatic heterocycles. The van der Waals surface area contributed by atoms with E-state index in [1.807, 2.05) is 6.07 Å². The van der Waals surface area contributed by atoms with Gasteiger partial charge in [0.2, 0.25) is 5.91 Å². The number of pyridine rings is 1. The van der Waals surface area contributed by atoms with Crippen LogP contribution in [-0.2, 0) is 16.0 Å². The number of hydrogen-bond acceptors (Lipinski definition) is 3. The SMILES string of the molecule is CCC1CCN(C(=O)Cc2ccccn2)C(C(=O)O)C1. The molecule has 1 saturated heterocycles. The second-order valence-electron chi connectivity index (χ2n) is 5.24. The molecule has 1 aliphatic heterocycles. The van der Waals surface area contributed by atoms with Gasteiger partial charge < -0.3 is 10.0 Å². The van der Waals surface area contributed by atoms with E-state index >= 15 is 0 Å². The Hall–Kier alpha value is -1.91. The molecule has 1 amide bonds. The van der Waals surface area contributed by atoms with Crippen LogP contribution in [-0.4, -0.2) is 39.5 Å². The molecule has 1 aromatic rings. The van der Waals surface area contributed by atoms with E-state index in [1.54, 1.807) is 18.3 Å². The van der Waals surface area contributed by atoms with Crippen molar-refractivity contribution in [2.24, 2.45) is 5.92 Å². The first kappa shape index (κ1) is 14.5. The maximum atomic E-state index is 12.3. The molecule has 0 aliphatic carbocycles. The van der Waals surface area contributed by atoms with Crippen molar-refractivity contribution < 1.29 is 14.7 Å². The summed E-state index contributed by atoms with van der Waals surface area (Å²) in [5, 5.41) is 9.33. The van der Waals surface area contributed by atoms with Crippen molar-refractivity contribution >= 4 is 11.9 Å². The average Bonchev–Trinajstić information content (AvgIpc) is 2.47. The van der Waals surface area contributed by atoms with E-state index in [0.29, 0.717) is 24.6 Å². The van der Waals surface area contributed by atoms with Gasteiger partial charge in [0.25, 0.3) is 0 Å². The monoisotopic (exact) mass is 276 g/mol. The third kappa shape index (κ3) is 3.35. The molecule has 2 heterocycles. The summed E-state index contributed by atoms with van der Waals surface area (Å²) in [6, 6.07) is 4.71. The Balaban J connectivity index is 2.06. The maximum absolute atomic E-state index is 12.3. The minimum atomic E-state index is -0.905. The molecule has 108 valence electrons. The number of carboxylic acids is 1. The molecular weight excluding hydrogens is 256 g/mol. The quantitative estimate of drug-likeness (QED) is 0.909. The van der Waals surface area contributed by atoms with Gasteiger partial charge in [-0.1, -0.05) is 19.4 Å². The number of aromatic nitrogens is 1. The van der Waals surface area contributed by atoms with Crippen molar-refractivity contribution in [1.82, 2.24) is 9.88 Å². The molecule has 1 fully saturated rings. The average molecular weight is 276 g/mol. The molecule has 2 unspecified atom stereocenters. The van der Waals surface area contributed by atoms with Crippen molar-refractivity contribution in [3.8, 4) is 0 Å². The molecule has 5 nitrogen and oxygen atoms in total. The van der Waals surface area contributed by atoms with E-state index in [2.05, 4.69) is 11.9 Å². The summed E-state index contributed by atoms with van der Waals surface area (Å²) in [6.07, 6.45) is 4.21. The predicted molar refractivity (Wildman–Crippen MR) is 74.1 cm³/mol. The molecular formula is C15H20N2O3. The fraction of sp³-hybridized carbons (Fsp3) is 0.533. The lowest BCUT2D eigenvalue weighted by atomic mass is 9.88. The van der Waals surface area contributed by atoms with Crippen molar-refractivity contribution in [1.29, 1.82) is 0 Å². The zero-order chi connectivity index (χ0) is 14.5. The number of amides is 1. The fourth-order valence-corrected chi connectivity index (χ4v) is 2.70. The normalized spacial score (nSPS) is 22.6. The molecule has 0 bridgehead atoms. The highest BCUT2D eigenvalue weighted by molar-refractivity contribution is 5.85. The molecule has 0 radical (unpaired) electrons. The summed E-state index contributed by atoms with van der Waals surface area (Å²) in [4.78, 5) is 29.3. The largest absolute Gasteiger partial charge is 0.480 e. The zero-order valence-electron chi connectivity index (χ0n) is 11.7. The van der Waals surface area contributed by atoms with Crippen LogP contribution < -0.4 is 0 Å². The summed E-state index contributed by atoms with van der Waals surface area (Å²) in [5.74, 6) is -0.654. The van der Waals surface area contributed by atoms with Gasteiger partial charge in [0.05, 0.1) is 6.42 Å². The van der Waals surface area contributed by atoms with Crippen LogP contribution in [0.1, 0.15) is 31.9 Å². The van der Waals surface area contributed by atoms with Gasteiger partial charge in [-0.25, -0.2) is 4.79 Å². The lowest BCUT2D eigenvalue weighted by Gasteiger charge is -2.37. The van der Waals surface area contributed by atoms with Crippen LogP contribution in [0, 0.1) is 5.92 Å². The Morgan fingerprint density at radius 2 is 2.25 bits per heavy atom. The fourth-order valence-electron chi connectivity index (χ4n) is 2.70. The van der Waals surface area contributed by atoms with Gasteiger partial charge in [0, 0.05) is 18.4 Å². The third-order valence-electron chi connectivity index (χ3n) is 3.95. The number of carboxylic acid groups (broad SMARTS) is 1. The summed E-state index contributed by atoms with van der Waals surface area (Å²) >= 11 is 0. The smallest absolute Gasteiger partial charge is 0.326 e. The summed E-state index contributed by atoms with van der Waals surface area (Å²) < 4.78 is 0. The van der Waals surface area contributed by atoms with Gasteiger partial charge in [0.1, 0.15) is 6.04 Å². The van der Waals surface area contributed by atoms with Crippen LogP contribution in [0.3, 0.4) is 0 Å². The van der Waals surface area contributed by atoms with E-state index in [1.165, 1.54) is 4.90 Å². The van der Waals surface area contributed by atoms with Gasteiger partial charge in [-0.2, -0.15) is 0 Å². The Kier molecular flexibility index (Phi) is 4.71. The maximum Gasteiger partial charge on any atom is 0.326 e. The topological polar surface area (TPSA) is 70.5 Å². The number of piperidine rings is 1. The first-order valence-corrected chi connectivity index (χ1v) is 7.04. The molecule has 1 aliphatic rings. The lowest BCUT2D eigenvalue weighted by Crippen LogP contribution is -2.50. The standard InChI is InChI=1S/C15H20N2O3/c1-2-11-6-8-17(13(9-11)15(19)20)14(18)10-12-5-3-4-7-16-12/h3-5,7,11,13H,2,6,8-10H2,1H3,(H,19,20). The van der Waals surface area contributed by atoms with Gasteiger partial charge in [0.15, 0.2) is 0 Å². The number of carbonyl (C=O) groups excluding carboxylic acids is 1. The number of nitrogens with zero attached hydrogens (tertiary/aromatic N) is 2.